The Labute approximate surface area is 122 Å². The van der Waals surface area contributed by atoms with Gasteiger partial charge in [-0.1, -0.05) is 44.2 Å². The molecule has 0 amide bonds. The number of halogens is 1. The lowest BCUT2D eigenvalue weighted by molar-refractivity contribution is -0.386. The van der Waals surface area contributed by atoms with Crippen LogP contribution in [0.1, 0.15) is 30.9 Å². The van der Waals surface area contributed by atoms with Gasteiger partial charge in [0.1, 0.15) is 5.69 Å². The fraction of sp³-hybridized carbons (Fsp3) is 0.250. The minimum Gasteiger partial charge on any atom is -0.375 e. The van der Waals surface area contributed by atoms with Crippen LogP contribution in [0.15, 0.2) is 42.5 Å². The van der Waals surface area contributed by atoms with E-state index in [1.807, 2.05) is 24.3 Å². The van der Waals surface area contributed by atoms with Crippen LogP contribution >= 0.6 is 0 Å². The van der Waals surface area contributed by atoms with E-state index in [1.165, 1.54) is 17.7 Å². The standard InChI is InChI=1S/C16H17FN2O2/c1-11(2)13-8-6-12(7-9-13)10-18-15-5-3-4-14(17)16(15)19(20)21/h3-9,11,18H,10H2,1-2H3. The molecule has 0 atom stereocenters. The predicted octanol–water partition coefficient (Wildman–Crippen LogP) is 4.47. The Morgan fingerprint density at radius 2 is 1.86 bits per heavy atom. The molecule has 1 N–H and O–H groups in total. The Morgan fingerprint density at radius 1 is 1.19 bits per heavy atom. The van der Waals surface area contributed by atoms with Crippen LogP contribution in [0, 0.1) is 15.9 Å². The number of para-hydroxylation sites is 1. The van der Waals surface area contributed by atoms with E-state index in [1.54, 1.807) is 0 Å². The van der Waals surface area contributed by atoms with Crippen molar-refractivity contribution >= 4 is 11.4 Å². The number of nitrogens with one attached hydrogen (secondary N) is 1. The molecule has 0 aliphatic rings. The van der Waals surface area contributed by atoms with Crippen LogP contribution in [0.4, 0.5) is 15.8 Å². The molecule has 0 spiro atoms. The summed E-state index contributed by atoms with van der Waals surface area (Å²) in [6.07, 6.45) is 0. The highest BCUT2D eigenvalue weighted by Gasteiger charge is 2.19. The van der Waals surface area contributed by atoms with E-state index < -0.39 is 16.4 Å². The summed E-state index contributed by atoms with van der Waals surface area (Å²) in [6, 6.07) is 12.0. The Hall–Kier alpha value is -2.43. The van der Waals surface area contributed by atoms with Gasteiger partial charge in [0.05, 0.1) is 4.92 Å². The third kappa shape index (κ3) is 3.56. The molecular weight excluding hydrogens is 271 g/mol. The van der Waals surface area contributed by atoms with Gasteiger partial charge in [0.25, 0.3) is 0 Å². The van der Waals surface area contributed by atoms with Gasteiger partial charge >= 0.3 is 5.69 Å². The lowest BCUT2D eigenvalue weighted by atomic mass is 10.0. The normalized spacial score (nSPS) is 10.7. The number of benzene rings is 2. The summed E-state index contributed by atoms with van der Waals surface area (Å²) in [5.74, 6) is -0.378. The number of nitro benzene ring substituents is 1. The summed E-state index contributed by atoms with van der Waals surface area (Å²) >= 11 is 0. The lowest BCUT2D eigenvalue weighted by Gasteiger charge is -2.09. The van der Waals surface area contributed by atoms with Crippen LogP contribution in [0.3, 0.4) is 0 Å². The van der Waals surface area contributed by atoms with Gasteiger partial charge in [0, 0.05) is 6.54 Å². The van der Waals surface area contributed by atoms with E-state index in [0.29, 0.717) is 12.5 Å². The summed E-state index contributed by atoms with van der Waals surface area (Å²) in [6.45, 7) is 4.63. The maximum Gasteiger partial charge on any atom is 0.327 e. The second-order valence-electron chi connectivity index (χ2n) is 5.14. The molecule has 0 radical (unpaired) electrons. The smallest absolute Gasteiger partial charge is 0.327 e. The number of hydrogen-bond donors (Lipinski definition) is 1. The summed E-state index contributed by atoms with van der Waals surface area (Å²) < 4.78 is 13.5. The van der Waals surface area contributed by atoms with Crippen molar-refractivity contribution in [1.82, 2.24) is 0 Å². The fourth-order valence-electron chi connectivity index (χ4n) is 2.06. The largest absolute Gasteiger partial charge is 0.375 e. The average molecular weight is 288 g/mol. The van der Waals surface area contributed by atoms with E-state index in [0.717, 1.165) is 11.6 Å². The molecule has 2 rings (SSSR count). The van der Waals surface area contributed by atoms with E-state index >= 15 is 0 Å². The van der Waals surface area contributed by atoms with Crippen LogP contribution in [-0.2, 0) is 6.54 Å². The van der Waals surface area contributed by atoms with Gasteiger partial charge < -0.3 is 5.32 Å². The van der Waals surface area contributed by atoms with Crippen molar-refractivity contribution in [2.45, 2.75) is 26.3 Å². The second-order valence-corrected chi connectivity index (χ2v) is 5.14. The molecular formula is C16H17FN2O2. The lowest BCUT2D eigenvalue weighted by Crippen LogP contribution is -2.04. The van der Waals surface area contributed by atoms with E-state index in [9.17, 15) is 14.5 Å². The van der Waals surface area contributed by atoms with Crippen molar-refractivity contribution < 1.29 is 9.31 Å². The van der Waals surface area contributed by atoms with Crippen molar-refractivity contribution in [2.75, 3.05) is 5.32 Å². The Bertz CT molecular complexity index is 639. The van der Waals surface area contributed by atoms with Crippen molar-refractivity contribution in [3.05, 3.63) is 69.5 Å². The fourth-order valence-corrected chi connectivity index (χ4v) is 2.06. The van der Waals surface area contributed by atoms with Gasteiger partial charge in [0.15, 0.2) is 0 Å². The molecule has 0 unspecified atom stereocenters. The molecule has 0 aliphatic heterocycles. The van der Waals surface area contributed by atoms with Crippen molar-refractivity contribution in [2.24, 2.45) is 0 Å². The predicted molar refractivity (Wildman–Crippen MR) is 80.9 cm³/mol. The van der Waals surface area contributed by atoms with Gasteiger partial charge in [-0.05, 0) is 29.2 Å². The third-order valence-electron chi connectivity index (χ3n) is 3.30. The molecule has 21 heavy (non-hydrogen) atoms. The molecule has 0 fully saturated rings. The van der Waals surface area contributed by atoms with Crippen LogP contribution in [0.5, 0.6) is 0 Å². The minimum atomic E-state index is -0.833. The zero-order valence-electron chi connectivity index (χ0n) is 12.0. The molecule has 0 bridgehead atoms. The van der Waals surface area contributed by atoms with Crippen LogP contribution in [0.2, 0.25) is 0 Å². The first-order valence-corrected chi connectivity index (χ1v) is 6.74. The number of hydrogen-bond acceptors (Lipinski definition) is 3. The molecule has 5 heteroatoms. The van der Waals surface area contributed by atoms with Crippen molar-refractivity contribution in [1.29, 1.82) is 0 Å². The van der Waals surface area contributed by atoms with Gasteiger partial charge in [-0.3, -0.25) is 10.1 Å². The molecule has 0 saturated heterocycles. The maximum absolute atomic E-state index is 13.5. The quantitative estimate of drug-likeness (QED) is 0.652. The SMILES string of the molecule is CC(C)c1ccc(CNc2cccc(F)c2[N+](=O)[O-])cc1. The topological polar surface area (TPSA) is 55.2 Å². The van der Waals surface area contributed by atoms with Crippen molar-refractivity contribution in [3.63, 3.8) is 0 Å². The summed E-state index contributed by atoms with van der Waals surface area (Å²) in [7, 11) is 0. The number of nitrogens with zero attached hydrogens (tertiary/aromatic N) is 1. The van der Waals surface area contributed by atoms with E-state index in [-0.39, 0.29) is 5.69 Å². The highest BCUT2D eigenvalue weighted by Crippen LogP contribution is 2.27. The molecule has 0 aromatic heterocycles. The second kappa shape index (κ2) is 6.35. The van der Waals surface area contributed by atoms with Crippen molar-refractivity contribution in [3.8, 4) is 0 Å². The first-order chi connectivity index (χ1) is 9.99. The van der Waals surface area contributed by atoms with Gasteiger partial charge in [-0.15, -0.1) is 0 Å². The number of nitro groups is 1. The molecule has 2 aromatic rings. The zero-order valence-corrected chi connectivity index (χ0v) is 12.0. The monoisotopic (exact) mass is 288 g/mol. The zero-order chi connectivity index (χ0) is 15.4. The molecule has 0 saturated carbocycles. The highest BCUT2D eigenvalue weighted by molar-refractivity contribution is 5.62. The van der Waals surface area contributed by atoms with Crippen LogP contribution in [0.25, 0.3) is 0 Å². The van der Waals surface area contributed by atoms with E-state index in [4.69, 9.17) is 0 Å². The number of rotatable bonds is 5. The summed E-state index contributed by atoms with van der Waals surface area (Å²) in [5, 5.41) is 13.8. The molecule has 2 aromatic carbocycles. The average Bonchev–Trinajstić information content (AvgIpc) is 2.45. The summed E-state index contributed by atoms with van der Waals surface area (Å²) in [5.41, 5.74) is 1.89. The Balaban J connectivity index is 2.13. The van der Waals surface area contributed by atoms with Crippen LogP contribution in [-0.4, -0.2) is 4.92 Å². The highest BCUT2D eigenvalue weighted by atomic mass is 19.1. The summed E-state index contributed by atoms with van der Waals surface area (Å²) in [4.78, 5) is 10.2. The minimum absolute atomic E-state index is 0.188. The first-order valence-electron chi connectivity index (χ1n) is 6.74. The van der Waals surface area contributed by atoms with Gasteiger partial charge in [-0.25, -0.2) is 0 Å². The molecule has 0 aliphatic carbocycles. The molecule has 4 nitrogen and oxygen atoms in total. The third-order valence-corrected chi connectivity index (χ3v) is 3.30. The van der Waals surface area contributed by atoms with Gasteiger partial charge in [-0.2, -0.15) is 4.39 Å². The van der Waals surface area contributed by atoms with E-state index in [2.05, 4.69) is 19.2 Å². The Kier molecular flexibility index (Phi) is 4.52. The Morgan fingerprint density at radius 3 is 2.43 bits per heavy atom. The number of anilines is 1. The van der Waals surface area contributed by atoms with Gasteiger partial charge in [0.2, 0.25) is 5.82 Å². The van der Waals surface area contributed by atoms with Crippen LogP contribution < -0.4 is 5.32 Å². The first kappa shape index (κ1) is 15.0. The maximum atomic E-state index is 13.5. The molecule has 0 heterocycles. The molecule has 110 valence electrons.